The lowest BCUT2D eigenvalue weighted by molar-refractivity contribution is 0.356. The third-order valence-electron chi connectivity index (χ3n) is 3.69. The average molecular weight is 297 g/mol. The van der Waals surface area contributed by atoms with Gasteiger partial charge in [-0.2, -0.15) is 17.0 Å². The van der Waals surface area contributed by atoms with Gasteiger partial charge in [-0.15, -0.1) is 0 Å². The molecule has 0 saturated carbocycles. The van der Waals surface area contributed by atoms with Crippen LogP contribution in [0.1, 0.15) is 11.3 Å². The lowest BCUT2D eigenvalue weighted by atomic mass is 10.0. The number of H-pyrrole nitrogens is 1. The van der Waals surface area contributed by atoms with Gasteiger partial charge in [0.1, 0.15) is 5.82 Å². The molecule has 0 aliphatic carbocycles. The van der Waals surface area contributed by atoms with Gasteiger partial charge >= 0.3 is 0 Å². The maximum absolute atomic E-state index is 13.3. The maximum Gasteiger partial charge on any atom is 0.281 e. The first-order valence-corrected chi connectivity index (χ1v) is 7.76. The van der Waals surface area contributed by atoms with E-state index in [1.807, 2.05) is 0 Å². The van der Waals surface area contributed by atoms with Crippen molar-refractivity contribution in [2.75, 3.05) is 20.6 Å². The number of aromatic amines is 1. The van der Waals surface area contributed by atoms with Crippen LogP contribution in [0.4, 0.5) is 4.39 Å². The van der Waals surface area contributed by atoms with E-state index in [0.717, 1.165) is 22.2 Å². The summed E-state index contributed by atoms with van der Waals surface area (Å²) >= 11 is 0. The minimum atomic E-state index is -3.42. The van der Waals surface area contributed by atoms with Crippen LogP contribution in [-0.2, 0) is 23.2 Å². The number of benzene rings is 1. The van der Waals surface area contributed by atoms with E-state index in [4.69, 9.17) is 0 Å². The number of nitrogens with zero attached hydrogens (tertiary/aromatic N) is 2. The first kappa shape index (κ1) is 13.5. The van der Waals surface area contributed by atoms with Crippen molar-refractivity contribution in [2.24, 2.45) is 0 Å². The van der Waals surface area contributed by atoms with E-state index in [2.05, 4.69) is 4.98 Å². The molecule has 1 aliphatic rings. The van der Waals surface area contributed by atoms with E-state index >= 15 is 0 Å². The van der Waals surface area contributed by atoms with E-state index in [0.29, 0.717) is 19.5 Å². The molecular weight excluding hydrogens is 281 g/mol. The van der Waals surface area contributed by atoms with E-state index in [9.17, 15) is 12.8 Å². The van der Waals surface area contributed by atoms with E-state index < -0.39 is 10.2 Å². The number of nitrogens with one attached hydrogen (secondary N) is 1. The molecule has 0 saturated heterocycles. The smallest absolute Gasteiger partial charge is 0.281 e. The standard InChI is InChI=1S/C13H16FN3O2S/c1-16(2)20(18,19)17-6-5-10-11-7-9(14)3-4-12(11)15-13(10)8-17/h3-4,7,15H,5-6,8H2,1-2H3. The SMILES string of the molecule is CN(C)S(=O)(=O)N1CCc2c([nH]c3ccc(F)cc23)C1. The van der Waals surface area contributed by atoms with E-state index in [1.54, 1.807) is 6.07 Å². The molecule has 0 atom stereocenters. The normalized spacial score (nSPS) is 16.8. The van der Waals surface area contributed by atoms with Crippen LogP contribution in [0.3, 0.4) is 0 Å². The van der Waals surface area contributed by atoms with Crippen molar-refractivity contribution in [1.29, 1.82) is 0 Å². The van der Waals surface area contributed by atoms with Gasteiger partial charge in [0.05, 0.1) is 6.54 Å². The van der Waals surface area contributed by atoms with Gasteiger partial charge in [0.25, 0.3) is 10.2 Å². The number of hydrogen-bond donors (Lipinski definition) is 1. The van der Waals surface area contributed by atoms with Gasteiger partial charge in [-0.1, -0.05) is 0 Å². The summed E-state index contributed by atoms with van der Waals surface area (Å²) in [5.41, 5.74) is 2.72. The van der Waals surface area contributed by atoms with Gasteiger partial charge in [0.15, 0.2) is 0 Å². The summed E-state index contributed by atoms with van der Waals surface area (Å²) in [5, 5.41) is 0.849. The van der Waals surface area contributed by atoms with Crippen molar-refractivity contribution < 1.29 is 12.8 Å². The van der Waals surface area contributed by atoms with Crippen molar-refractivity contribution in [1.82, 2.24) is 13.6 Å². The summed E-state index contributed by atoms with van der Waals surface area (Å²) in [6, 6.07) is 4.59. The number of halogens is 1. The number of aromatic nitrogens is 1. The molecule has 1 aromatic carbocycles. The van der Waals surface area contributed by atoms with Crippen molar-refractivity contribution in [3.8, 4) is 0 Å². The fourth-order valence-corrected chi connectivity index (χ4v) is 3.69. The van der Waals surface area contributed by atoms with Gasteiger partial charge in [0, 0.05) is 37.2 Å². The first-order valence-electron chi connectivity index (χ1n) is 6.36. The molecule has 5 nitrogen and oxygen atoms in total. The Labute approximate surface area is 117 Å². The van der Waals surface area contributed by atoms with Crippen LogP contribution < -0.4 is 0 Å². The third kappa shape index (κ3) is 2.02. The zero-order valence-electron chi connectivity index (χ0n) is 11.4. The molecule has 7 heteroatoms. The van der Waals surface area contributed by atoms with Crippen LogP contribution in [0.25, 0.3) is 10.9 Å². The number of hydrogen-bond acceptors (Lipinski definition) is 2. The highest BCUT2D eigenvalue weighted by Crippen LogP contribution is 2.29. The van der Waals surface area contributed by atoms with E-state index in [1.165, 1.54) is 34.8 Å². The molecule has 1 aromatic heterocycles. The van der Waals surface area contributed by atoms with Crippen molar-refractivity contribution in [3.05, 3.63) is 35.3 Å². The molecule has 20 heavy (non-hydrogen) atoms. The zero-order valence-corrected chi connectivity index (χ0v) is 12.2. The zero-order chi connectivity index (χ0) is 14.5. The average Bonchev–Trinajstić information content (AvgIpc) is 2.75. The largest absolute Gasteiger partial charge is 0.357 e. The molecule has 1 N–H and O–H groups in total. The minimum Gasteiger partial charge on any atom is -0.357 e. The summed E-state index contributed by atoms with van der Waals surface area (Å²) in [5.74, 6) is -0.275. The van der Waals surface area contributed by atoms with Crippen LogP contribution >= 0.6 is 0 Å². The Morgan fingerprint density at radius 2 is 2.10 bits per heavy atom. The number of fused-ring (bicyclic) bond motifs is 3. The Balaban J connectivity index is 2.03. The van der Waals surface area contributed by atoms with Crippen LogP contribution in [0.5, 0.6) is 0 Å². The van der Waals surface area contributed by atoms with Gasteiger partial charge in [-0.3, -0.25) is 0 Å². The lowest BCUT2D eigenvalue weighted by Gasteiger charge is -2.28. The molecule has 0 unspecified atom stereocenters. The highest BCUT2D eigenvalue weighted by atomic mass is 32.2. The topological polar surface area (TPSA) is 56.4 Å². The van der Waals surface area contributed by atoms with E-state index in [-0.39, 0.29) is 5.82 Å². The second-order valence-electron chi connectivity index (χ2n) is 5.15. The lowest BCUT2D eigenvalue weighted by Crippen LogP contribution is -2.42. The van der Waals surface area contributed by atoms with Crippen molar-refractivity contribution in [3.63, 3.8) is 0 Å². The van der Waals surface area contributed by atoms with Gasteiger partial charge in [-0.25, -0.2) is 4.39 Å². The predicted octanol–water partition coefficient (Wildman–Crippen LogP) is 1.47. The Hall–Kier alpha value is -1.44. The molecule has 0 radical (unpaired) electrons. The summed E-state index contributed by atoms with van der Waals surface area (Å²) in [4.78, 5) is 3.19. The van der Waals surface area contributed by atoms with Gasteiger partial charge in [0.2, 0.25) is 0 Å². The molecule has 2 aromatic rings. The molecule has 0 amide bonds. The van der Waals surface area contributed by atoms with Gasteiger partial charge in [-0.05, 0) is 30.2 Å². The monoisotopic (exact) mass is 297 g/mol. The van der Waals surface area contributed by atoms with Crippen molar-refractivity contribution in [2.45, 2.75) is 13.0 Å². The molecule has 2 heterocycles. The first-order chi connectivity index (χ1) is 9.39. The van der Waals surface area contributed by atoms with Crippen LogP contribution in [0.2, 0.25) is 0 Å². The molecular formula is C13H16FN3O2S. The highest BCUT2D eigenvalue weighted by molar-refractivity contribution is 7.86. The predicted molar refractivity (Wildman–Crippen MR) is 75.0 cm³/mol. The Morgan fingerprint density at radius 3 is 2.80 bits per heavy atom. The molecule has 1 aliphatic heterocycles. The fourth-order valence-electron chi connectivity index (χ4n) is 2.62. The summed E-state index contributed by atoms with van der Waals surface area (Å²) in [6.07, 6.45) is 0.589. The minimum absolute atomic E-state index is 0.275. The van der Waals surface area contributed by atoms with Crippen LogP contribution in [0, 0.1) is 5.82 Å². The molecule has 0 spiro atoms. The maximum atomic E-state index is 13.3. The summed E-state index contributed by atoms with van der Waals surface area (Å²) in [7, 11) is -0.377. The van der Waals surface area contributed by atoms with Crippen LogP contribution in [-0.4, -0.2) is 42.7 Å². The fraction of sp³-hybridized carbons (Fsp3) is 0.385. The quantitative estimate of drug-likeness (QED) is 0.912. The third-order valence-corrected chi connectivity index (χ3v) is 5.58. The summed E-state index contributed by atoms with van der Waals surface area (Å²) in [6.45, 7) is 0.711. The molecule has 108 valence electrons. The highest BCUT2D eigenvalue weighted by Gasteiger charge is 2.30. The number of rotatable bonds is 2. The molecule has 0 fully saturated rings. The Morgan fingerprint density at radius 1 is 1.35 bits per heavy atom. The second kappa shape index (κ2) is 4.54. The second-order valence-corrected chi connectivity index (χ2v) is 7.29. The Kier molecular flexibility index (Phi) is 3.07. The molecule has 0 bridgehead atoms. The Bertz CT molecular complexity index is 767. The summed E-state index contributed by atoms with van der Waals surface area (Å²) < 4.78 is 40.3. The van der Waals surface area contributed by atoms with Gasteiger partial charge < -0.3 is 4.98 Å². The van der Waals surface area contributed by atoms with Crippen LogP contribution in [0.15, 0.2) is 18.2 Å². The molecule has 3 rings (SSSR count). The van der Waals surface area contributed by atoms with Crippen molar-refractivity contribution >= 4 is 21.1 Å².